The molecule has 1 aliphatic heterocycles. The molecule has 0 unspecified atom stereocenters. The topological polar surface area (TPSA) is 30.3 Å². The second-order valence-electron chi connectivity index (χ2n) is 5.69. The molecule has 1 heterocycles. The van der Waals surface area contributed by atoms with Crippen molar-refractivity contribution in [2.75, 3.05) is 39.3 Å². The number of piperazine rings is 1. The van der Waals surface area contributed by atoms with Crippen molar-refractivity contribution in [3.8, 4) is 5.75 Å². The molecule has 1 saturated heterocycles. The summed E-state index contributed by atoms with van der Waals surface area (Å²) in [6.07, 6.45) is 2.45. The number of hydrogen-bond acceptors (Lipinski definition) is 1. The molecular weight excluding hydrogens is 236 g/mol. The molecule has 0 radical (unpaired) electrons. The monoisotopic (exact) mass is 264 g/mol. The molecule has 106 valence electrons. The molecule has 19 heavy (non-hydrogen) atoms. The quantitative estimate of drug-likeness (QED) is 0.692. The Kier molecular flexibility index (Phi) is 5.67. The number of quaternary nitrogens is 2. The fourth-order valence-electron chi connectivity index (χ4n) is 2.65. The van der Waals surface area contributed by atoms with Gasteiger partial charge in [0.2, 0.25) is 0 Å². The van der Waals surface area contributed by atoms with Crippen molar-refractivity contribution in [2.45, 2.75) is 26.7 Å². The Morgan fingerprint density at radius 3 is 2.74 bits per heavy atom. The summed E-state index contributed by atoms with van der Waals surface area (Å²) in [5, 5.41) is 2.42. The highest BCUT2D eigenvalue weighted by Crippen LogP contribution is 2.19. The largest absolute Gasteiger partial charge is 0.493 e. The van der Waals surface area contributed by atoms with Crippen molar-refractivity contribution in [2.24, 2.45) is 0 Å². The van der Waals surface area contributed by atoms with Crippen LogP contribution in [0.15, 0.2) is 18.2 Å². The van der Waals surface area contributed by atoms with E-state index in [-0.39, 0.29) is 0 Å². The van der Waals surface area contributed by atoms with Crippen molar-refractivity contribution in [1.29, 1.82) is 0 Å². The first-order valence-corrected chi connectivity index (χ1v) is 7.61. The highest BCUT2D eigenvalue weighted by Gasteiger charge is 2.14. The van der Waals surface area contributed by atoms with E-state index >= 15 is 0 Å². The number of nitrogens with one attached hydrogen (secondary N) is 1. The third-order valence-corrected chi connectivity index (χ3v) is 3.93. The van der Waals surface area contributed by atoms with Crippen LogP contribution < -0.4 is 15.0 Å². The number of benzene rings is 1. The zero-order valence-electron chi connectivity index (χ0n) is 12.4. The number of ether oxygens (including phenoxy) is 1. The molecule has 0 aromatic heterocycles. The number of rotatable bonds is 6. The van der Waals surface area contributed by atoms with Crippen molar-refractivity contribution in [1.82, 2.24) is 0 Å². The highest BCUT2D eigenvalue weighted by molar-refractivity contribution is 5.35. The van der Waals surface area contributed by atoms with Crippen LogP contribution >= 0.6 is 0 Å². The summed E-state index contributed by atoms with van der Waals surface area (Å²) in [6.45, 7) is 11.7. The first-order valence-electron chi connectivity index (χ1n) is 7.61. The zero-order valence-corrected chi connectivity index (χ0v) is 12.4. The fraction of sp³-hybridized carbons (Fsp3) is 0.625. The molecule has 0 saturated carbocycles. The maximum atomic E-state index is 5.89. The molecule has 1 aliphatic rings. The van der Waals surface area contributed by atoms with Gasteiger partial charge in [-0.2, -0.15) is 0 Å². The maximum absolute atomic E-state index is 5.89. The second kappa shape index (κ2) is 7.51. The lowest BCUT2D eigenvalue weighted by Gasteiger charge is -2.22. The molecule has 2 rings (SSSR count). The predicted molar refractivity (Wildman–Crippen MR) is 77.9 cm³/mol. The average Bonchev–Trinajstić information content (AvgIpc) is 2.43. The molecule has 0 aliphatic carbocycles. The summed E-state index contributed by atoms with van der Waals surface area (Å²) in [6, 6.07) is 6.42. The van der Waals surface area contributed by atoms with Crippen LogP contribution in [0.4, 0.5) is 0 Å². The van der Waals surface area contributed by atoms with E-state index in [1.807, 2.05) is 0 Å². The lowest BCUT2D eigenvalue weighted by molar-refractivity contribution is -0.946. The number of nitrogens with two attached hydrogens (primary N) is 1. The molecule has 0 spiro atoms. The van der Waals surface area contributed by atoms with Gasteiger partial charge in [0.25, 0.3) is 0 Å². The molecule has 3 nitrogen and oxygen atoms in total. The molecule has 3 heteroatoms. The van der Waals surface area contributed by atoms with Crippen molar-refractivity contribution >= 4 is 0 Å². The van der Waals surface area contributed by atoms with Gasteiger partial charge in [-0.25, -0.2) is 0 Å². The van der Waals surface area contributed by atoms with Crippen LogP contribution in [0.5, 0.6) is 5.75 Å². The zero-order chi connectivity index (χ0) is 13.5. The smallest absolute Gasteiger partial charge is 0.127 e. The number of unbranched alkanes of at least 4 members (excludes halogenated alkanes) is 1. The van der Waals surface area contributed by atoms with Crippen LogP contribution in [-0.4, -0.2) is 39.3 Å². The molecule has 1 aromatic rings. The Hall–Kier alpha value is -1.06. The summed E-state index contributed by atoms with van der Waals surface area (Å²) < 4.78 is 5.89. The summed E-state index contributed by atoms with van der Waals surface area (Å²) in [4.78, 5) is 1.77. The Bertz CT molecular complexity index is 386. The van der Waals surface area contributed by atoms with Crippen LogP contribution in [0.3, 0.4) is 0 Å². The van der Waals surface area contributed by atoms with E-state index in [4.69, 9.17) is 4.74 Å². The summed E-state index contributed by atoms with van der Waals surface area (Å²) in [7, 11) is 0. The number of aryl methyl sites for hydroxylation is 2. The van der Waals surface area contributed by atoms with Gasteiger partial charge in [-0.05, 0) is 43.9 Å². The minimum absolute atomic E-state index is 0.851. The van der Waals surface area contributed by atoms with Crippen LogP contribution in [0.2, 0.25) is 0 Å². The summed E-state index contributed by atoms with van der Waals surface area (Å²) in [5.74, 6) is 1.06. The molecule has 3 N–H and O–H groups in total. The van der Waals surface area contributed by atoms with Crippen LogP contribution in [-0.2, 0) is 0 Å². The molecular formula is C16H28N2O+2. The van der Waals surface area contributed by atoms with Crippen LogP contribution in [0.1, 0.15) is 24.0 Å². The van der Waals surface area contributed by atoms with E-state index in [9.17, 15) is 0 Å². The van der Waals surface area contributed by atoms with Gasteiger partial charge in [0.15, 0.2) is 0 Å². The molecule has 0 bridgehead atoms. The first kappa shape index (κ1) is 14.4. The van der Waals surface area contributed by atoms with Gasteiger partial charge >= 0.3 is 0 Å². The standard InChI is InChI=1S/C16H26N2O/c1-14-5-6-15(2)16(13-14)19-12-4-3-9-18-10-7-17-8-11-18/h5-6,13,17H,3-4,7-12H2,1-2H3/p+2. The van der Waals surface area contributed by atoms with E-state index in [2.05, 4.69) is 37.4 Å². The highest BCUT2D eigenvalue weighted by atomic mass is 16.5. The predicted octanol–water partition coefficient (Wildman–Crippen LogP) is -0.0757. The van der Waals surface area contributed by atoms with Gasteiger partial charge < -0.3 is 15.0 Å². The maximum Gasteiger partial charge on any atom is 0.127 e. The Morgan fingerprint density at radius 2 is 1.95 bits per heavy atom. The van der Waals surface area contributed by atoms with Gasteiger partial charge in [0.05, 0.1) is 13.2 Å². The fourth-order valence-corrected chi connectivity index (χ4v) is 2.65. The van der Waals surface area contributed by atoms with Crippen LogP contribution in [0, 0.1) is 13.8 Å². The minimum Gasteiger partial charge on any atom is -0.493 e. The second-order valence-corrected chi connectivity index (χ2v) is 5.69. The average molecular weight is 264 g/mol. The molecule has 1 aromatic carbocycles. The molecule has 0 amide bonds. The summed E-state index contributed by atoms with van der Waals surface area (Å²) >= 11 is 0. The normalized spacial score (nSPS) is 16.5. The summed E-state index contributed by atoms with van der Waals surface area (Å²) in [5.41, 5.74) is 2.51. The van der Waals surface area contributed by atoms with E-state index in [1.165, 1.54) is 56.7 Å². The first-order chi connectivity index (χ1) is 9.25. The van der Waals surface area contributed by atoms with Gasteiger partial charge in [-0.1, -0.05) is 12.1 Å². The van der Waals surface area contributed by atoms with Crippen molar-refractivity contribution in [3.63, 3.8) is 0 Å². The van der Waals surface area contributed by atoms with E-state index < -0.39 is 0 Å². The Balaban J connectivity index is 1.62. The number of hydrogen-bond donors (Lipinski definition) is 2. The Morgan fingerprint density at radius 1 is 1.16 bits per heavy atom. The van der Waals surface area contributed by atoms with Crippen molar-refractivity contribution in [3.05, 3.63) is 29.3 Å². The van der Waals surface area contributed by atoms with Gasteiger partial charge in [-0.3, -0.25) is 0 Å². The van der Waals surface area contributed by atoms with Gasteiger partial charge in [0.1, 0.15) is 31.9 Å². The van der Waals surface area contributed by atoms with Gasteiger partial charge in [0, 0.05) is 0 Å². The lowest BCUT2D eigenvalue weighted by atomic mass is 10.1. The molecule has 0 atom stereocenters. The SMILES string of the molecule is Cc1ccc(C)c(OCCCC[NH+]2CC[NH2+]CC2)c1. The van der Waals surface area contributed by atoms with Crippen molar-refractivity contribution < 1.29 is 15.0 Å². The van der Waals surface area contributed by atoms with E-state index in [0.717, 1.165) is 12.4 Å². The lowest BCUT2D eigenvalue weighted by Crippen LogP contribution is -3.20. The van der Waals surface area contributed by atoms with E-state index in [1.54, 1.807) is 4.90 Å². The Labute approximate surface area is 116 Å². The molecule has 1 fully saturated rings. The minimum atomic E-state index is 0.851. The van der Waals surface area contributed by atoms with E-state index in [0.29, 0.717) is 0 Å². The third kappa shape index (κ3) is 4.84. The third-order valence-electron chi connectivity index (χ3n) is 3.93. The van der Waals surface area contributed by atoms with Gasteiger partial charge in [-0.15, -0.1) is 0 Å². The van der Waals surface area contributed by atoms with Crippen LogP contribution in [0.25, 0.3) is 0 Å².